The van der Waals surface area contributed by atoms with Crippen molar-refractivity contribution in [2.24, 2.45) is 17.8 Å². The molecule has 1 aromatic heterocycles. The van der Waals surface area contributed by atoms with Crippen LogP contribution in [0, 0.1) is 17.8 Å². The molecule has 0 aliphatic heterocycles. The van der Waals surface area contributed by atoms with E-state index in [1.54, 1.807) is 31.4 Å². The maximum absolute atomic E-state index is 12.9. The van der Waals surface area contributed by atoms with Gasteiger partial charge in [0.1, 0.15) is 12.3 Å². The number of benzene rings is 2. The van der Waals surface area contributed by atoms with Crippen molar-refractivity contribution in [3.05, 3.63) is 83.7 Å². The summed E-state index contributed by atoms with van der Waals surface area (Å²) in [5, 5.41) is 12.0. The minimum atomic E-state index is -1.13. The molecule has 9 nitrogen and oxygen atoms in total. The molecule has 266 valence electrons. The number of ether oxygens (including phenoxy) is 1. The van der Waals surface area contributed by atoms with Gasteiger partial charge in [0.25, 0.3) is 0 Å². The minimum Gasteiger partial charge on any atom is -0.497 e. The highest BCUT2D eigenvalue weighted by Gasteiger charge is 2.29. The molecule has 2 N–H and O–H groups in total. The number of nitrogens with one attached hydrogen (secondary N) is 1. The van der Waals surface area contributed by atoms with Crippen molar-refractivity contribution in [2.45, 2.75) is 90.5 Å². The zero-order valence-electron chi connectivity index (χ0n) is 29.6. The number of carboxylic acid groups (broad SMARTS) is 1. The Morgan fingerprint density at radius 3 is 2.20 bits per heavy atom. The zero-order valence-corrected chi connectivity index (χ0v) is 29.6. The van der Waals surface area contributed by atoms with E-state index < -0.39 is 18.4 Å². The van der Waals surface area contributed by atoms with E-state index in [1.165, 1.54) is 68.3 Å². The van der Waals surface area contributed by atoms with Gasteiger partial charge in [-0.25, -0.2) is 9.97 Å². The number of carbonyl (C=O) groups is 3. The second-order valence-corrected chi connectivity index (χ2v) is 14.0. The van der Waals surface area contributed by atoms with Crippen molar-refractivity contribution in [3.63, 3.8) is 0 Å². The van der Waals surface area contributed by atoms with Gasteiger partial charge < -0.3 is 20.1 Å². The Bertz CT molecular complexity index is 1580. The molecule has 2 aromatic carbocycles. The number of allylic oxidation sites excluding steroid dienone is 2. The van der Waals surface area contributed by atoms with Gasteiger partial charge >= 0.3 is 5.97 Å². The molecule has 9 heteroatoms. The number of carbonyl (C=O) groups excluding carboxylic acids is 2. The van der Waals surface area contributed by atoms with E-state index in [1.807, 2.05) is 36.7 Å². The van der Waals surface area contributed by atoms with Gasteiger partial charge in [-0.15, -0.1) is 0 Å². The maximum Gasteiger partial charge on any atom is 0.323 e. The lowest BCUT2D eigenvalue weighted by molar-refractivity contribution is -0.144. The second-order valence-electron chi connectivity index (χ2n) is 14.0. The number of aliphatic carboxylic acids is 1. The number of hydrogen-bond donors (Lipinski definition) is 2. The van der Waals surface area contributed by atoms with Crippen LogP contribution in [0.25, 0.3) is 17.0 Å². The summed E-state index contributed by atoms with van der Waals surface area (Å²) >= 11 is 0. The summed E-state index contributed by atoms with van der Waals surface area (Å²) in [6, 6.07) is 14.5. The number of nitrogens with zero attached hydrogens (tertiary/aromatic N) is 3. The molecule has 1 atom stereocenters. The SMILES string of the molecule is CCCCC[C@H]1CC[C@@H]([C@@H]2CC=C(c3cnc(-c4ccc(CN(CC(=O)O)C(=O)CNC(=O)Cc5ccc(OC)cc5)cc4)nc3)CC2)CC1. The number of amides is 2. The standard InChI is InChI=1S/C41H52N4O5/c1-3-4-5-6-29-7-13-32(14-8-29)33-17-19-34(20-18-33)36-24-43-41(44-25-36)35-15-9-31(10-16-35)27-45(28-40(48)49)39(47)26-42-38(46)23-30-11-21-37(50-2)22-12-30/h9-12,15-16,19,21-22,24-25,29,32-33H,3-8,13-14,17-18,20,23,26-28H2,1-2H3,(H,42,46)(H,48,49)/t29-,32+,33-/m1/s1. The van der Waals surface area contributed by atoms with E-state index in [2.05, 4.69) is 28.3 Å². The van der Waals surface area contributed by atoms with Gasteiger partial charge in [0.15, 0.2) is 5.82 Å². The molecule has 0 saturated heterocycles. The van der Waals surface area contributed by atoms with E-state index in [9.17, 15) is 19.5 Å². The Morgan fingerprint density at radius 2 is 1.58 bits per heavy atom. The molecular weight excluding hydrogens is 628 g/mol. The average molecular weight is 681 g/mol. The van der Waals surface area contributed by atoms with E-state index in [4.69, 9.17) is 4.74 Å². The molecule has 2 amide bonds. The molecule has 0 spiro atoms. The van der Waals surface area contributed by atoms with Crippen molar-refractivity contribution in [3.8, 4) is 17.1 Å². The molecule has 1 saturated carbocycles. The third-order valence-corrected chi connectivity index (χ3v) is 10.5. The van der Waals surface area contributed by atoms with Crippen LogP contribution < -0.4 is 10.1 Å². The highest BCUT2D eigenvalue weighted by molar-refractivity contribution is 5.87. The summed E-state index contributed by atoms with van der Waals surface area (Å²) in [6.45, 7) is 1.61. The quantitative estimate of drug-likeness (QED) is 0.150. The topological polar surface area (TPSA) is 122 Å². The number of carboxylic acids is 1. The first-order valence-corrected chi connectivity index (χ1v) is 18.3. The second kappa shape index (κ2) is 18.5. The van der Waals surface area contributed by atoms with Crippen LogP contribution in [0.4, 0.5) is 0 Å². The number of aromatic nitrogens is 2. The van der Waals surface area contributed by atoms with Crippen molar-refractivity contribution >= 4 is 23.4 Å². The van der Waals surface area contributed by atoms with Gasteiger partial charge in [-0.2, -0.15) is 0 Å². The summed E-state index contributed by atoms with van der Waals surface area (Å²) in [5.41, 5.74) is 4.80. The first-order chi connectivity index (χ1) is 24.3. The molecule has 0 bridgehead atoms. The van der Waals surface area contributed by atoms with E-state index in [-0.39, 0.29) is 25.4 Å². The predicted octanol–water partition coefficient (Wildman–Crippen LogP) is 7.49. The van der Waals surface area contributed by atoms with Crippen molar-refractivity contribution in [1.29, 1.82) is 0 Å². The third kappa shape index (κ3) is 10.7. The molecular formula is C41H52N4O5. The molecule has 0 unspecified atom stereocenters. The van der Waals surface area contributed by atoms with Crippen LogP contribution in [-0.4, -0.2) is 58.0 Å². The zero-order chi connectivity index (χ0) is 35.3. The van der Waals surface area contributed by atoms with E-state index >= 15 is 0 Å². The molecule has 5 rings (SSSR count). The number of unbranched alkanes of at least 4 members (excludes halogenated alkanes) is 2. The summed E-state index contributed by atoms with van der Waals surface area (Å²) in [7, 11) is 1.57. The van der Waals surface area contributed by atoms with Gasteiger partial charge in [0.05, 0.1) is 20.1 Å². The number of methoxy groups -OCH3 is 1. The Morgan fingerprint density at radius 1 is 0.880 bits per heavy atom. The van der Waals surface area contributed by atoms with Crippen molar-refractivity contribution in [2.75, 3.05) is 20.2 Å². The third-order valence-electron chi connectivity index (χ3n) is 10.5. The normalized spacial score (nSPS) is 18.9. The van der Waals surface area contributed by atoms with Crippen LogP contribution in [0.3, 0.4) is 0 Å². The van der Waals surface area contributed by atoms with Gasteiger partial charge in [-0.1, -0.05) is 87.9 Å². The fourth-order valence-electron chi connectivity index (χ4n) is 7.47. The lowest BCUT2D eigenvalue weighted by Crippen LogP contribution is -2.42. The molecule has 2 aliphatic carbocycles. The summed E-state index contributed by atoms with van der Waals surface area (Å²) in [4.78, 5) is 47.5. The Labute approximate surface area is 296 Å². The smallest absolute Gasteiger partial charge is 0.323 e. The molecule has 0 radical (unpaired) electrons. The maximum atomic E-state index is 12.9. The lowest BCUT2D eigenvalue weighted by Gasteiger charge is -2.35. The lowest BCUT2D eigenvalue weighted by atomic mass is 9.70. The molecule has 50 heavy (non-hydrogen) atoms. The molecule has 1 heterocycles. The Balaban J connectivity index is 1.10. The highest BCUT2D eigenvalue weighted by Crippen LogP contribution is 2.42. The van der Waals surface area contributed by atoms with E-state index in [0.717, 1.165) is 52.8 Å². The van der Waals surface area contributed by atoms with Crippen LogP contribution in [0.5, 0.6) is 5.75 Å². The van der Waals surface area contributed by atoms with Crippen LogP contribution >= 0.6 is 0 Å². The number of rotatable bonds is 16. The van der Waals surface area contributed by atoms with Gasteiger partial charge in [0, 0.05) is 30.1 Å². The molecule has 2 aliphatic rings. The molecule has 1 fully saturated rings. The van der Waals surface area contributed by atoms with Crippen molar-refractivity contribution in [1.82, 2.24) is 20.2 Å². The minimum absolute atomic E-state index is 0.0924. The fourth-order valence-corrected chi connectivity index (χ4v) is 7.47. The van der Waals surface area contributed by atoms with Crippen LogP contribution in [0.15, 0.2) is 67.0 Å². The Kier molecular flexibility index (Phi) is 13.6. The first-order valence-electron chi connectivity index (χ1n) is 18.3. The fraction of sp³-hybridized carbons (Fsp3) is 0.488. The van der Waals surface area contributed by atoms with Gasteiger partial charge in [0.2, 0.25) is 11.8 Å². The molecule has 3 aromatic rings. The van der Waals surface area contributed by atoms with Crippen LogP contribution in [-0.2, 0) is 27.3 Å². The first kappa shape index (κ1) is 36.7. The summed E-state index contributed by atoms with van der Waals surface area (Å²) < 4.78 is 5.14. The summed E-state index contributed by atoms with van der Waals surface area (Å²) in [6.07, 6.45) is 21.0. The monoisotopic (exact) mass is 680 g/mol. The van der Waals surface area contributed by atoms with Crippen LogP contribution in [0.1, 0.15) is 94.2 Å². The summed E-state index contributed by atoms with van der Waals surface area (Å²) in [5.74, 6) is 2.00. The highest BCUT2D eigenvalue weighted by atomic mass is 16.5. The largest absolute Gasteiger partial charge is 0.497 e. The predicted molar refractivity (Wildman–Crippen MR) is 195 cm³/mol. The van der Waals surface area contributed by atoms with Crippen LogP contribution in [0.2, 0.25) is 0 Å². The van der Waals surface area contributed by atoms with Gasteiger partial charge in [-0.05, 0) is 78.7 Å². The Hall–Kier alpha value is -4.53. The van der Waals surface area contributed by atoms with Crippen molar-refractivity contribution < 1.29 is 24.2 Å². The average Bonchev–Trinajstić information content (AvgIpc) is 3.14. The van der Waals surface area contributed by atoms with Gasteiger partial charge in [-0.3, -0.25) is 14.4 Å². The van der Waals surface area contributed by atoms with E-state index in [0.29, 0.717) is 11.6 Å². The number of hydrogen-bond acceptors (Lipinski definition) is 6.